The van der Waals surface area contributed by atoms with Crippen LogP contribution in [0.15, 0.2) is 18.2 Å². The SMILES string of the molecule is CC[C@@H](C(=O)O)N(c1ccc(Cl)c(C(F)(F)F)c1)S(C)(=O)=O. The van der Waals surface area contributed by atoms with Crippen LogP contribution in [0, 0.1) is 0 Å². The van der Waals surface area contributed by atoms with E-state index in [0.29, 0.717) is 10.4 Å². The summed E-state index contributed by atoms with van der Waals surface area (Å²) < 4.78 is 62.7. The lowest BCUT2D eigenvalue weighted by Gasteiger charge is -2.28. The Morgan fingerprint density at radius 3 is 2.32 bits per heavy atom. The Hall–Kier alpha value is -1.48. The quantitative estimate of drug-likeness (QED) is 0.877. The molecule has 124 valence electrons. The number of nitrogens with zero attached hydrogens (tertiary/aromatic N) is 1. The van der Waals surface area contributed by atoms with Gasteiger partial charge in [0.1, 0.15) is 6.04 Å². The van der Waals surface area contributed by atoms with E-state index < -0.39 is 44.5 Å². The monoisotopic (exact) mass is 359 g/mol. The fraction of sp³-hybridized carbons (Fsp3) is 0.417. The molecule has 0 unspecified atom stereocenters. The van der Waals surface area contributed by atoms with E-state index >= 15 is 0 Å². The molecule has 10 heteroatoms. The molecule has 0 saturated heterocycles. The summed E-state index contributed by atoms with van der Waals surface area (Å²) in [6, 6.07) is 0.920. The lowest BCUT2D eigenvalue weighted by Crippen LogP contribution is -2.44. The number of rotatable bonds is 5. The first-order chi connectivity index (χ1) is 9.89. The predicted molar refractivity (Wildman–Crippen MR) is 75.5 cm³/mol. The fourth-order valence-electron chi connectivity index (χ4n) is 1.91. The van der Waals surface area contributed by atoms with Crippen molar-refractivity contribution in [2.75, 3.05) is 10.6 Å². The summed E-state index contributed by atoms with van der Waals surface area (Å²) in [5, 5.41) is 8.49. The van der Waals surface area contributed by atoms with Gasteiger partial charge in [-0.1, -0.05) is 18.5 Å². The van der Waals surface area contributed by atoms with Crippen molar-refractivity contribution in [2.24, 2.45) is 0 Å². The lowest BCUT2D eigenvalue weighted by molar-refractivity contribution is -0.138. The maximum atomic E-state index is 12.9. The third-order valence-electron chi connectivity index (χ3n) is 2.82. The standard InChI is InChI=1S/C12H13ClF3NO4S/c1-3-10(11(18)19)17(22(2,20)21)7-4-5-9(13)8(6-7)12(14,15)16/h4-6,10H,3H2,1-2H3,(H,18,19)/t10-/m0/s1. The summed E-state index contributed by atoms with van der Waals surface area (Å²) >= 11 is 5.47. The van der Waals surface area contributed by atoms with Gasteiger partial charge in [-0.2, -0.15) is 13.2 Å². The smallest absolute Gasteiger partial charge is 0.417 e. The molecule has 0 aliphatic rings. The van der Waals surface area contributed by atoms with Crippen LogP contribution in [0.25, 0.3) is 0 Å². The number of carbonyl (C=O) groups is 1. The van der Waals surface area contributed by atoms with Crippen LogP contribution in [0.1, 0.15) is 18.9 Å². The Morgan fingerprint density at radius 1 is 1.41 bits per heavy atom. The highest BCUT2D eigenvalue weighted by atomic mass is 35.5. The minimum Gasteiger partial charge on any atom is -0.480 e. The van der Waals surface area contributed by atoms with E-state index in [1.807, 2.05) is 0 Å². The number of halogens is 4. The van der Waals surface area contributed by atoms with Gasteiger partial charge in [0, 0.05) is 0 Å². The second-order valence-electron chi connectivity index (χ2n) is 4.48. The third kappa shape index (κ3) is 4.04. The van der Waals surface area contributed by atoms with Crippen molar-refractivity contribution in [3.8, 4) is 0 Å². The zero-order valence-electron chi connectivity index (χ0n) is 11.6. The van der Waals surface area contributed by atoms with Crippen LogP contribution in [0.3, 0.4) is 0 Å². The zero-order valence-corrected chi connectivity index (χ0v) is 13.1. The fourth-order valence-corrected chi connectivity index (χ4v) is 3.33. The first-order valence-corrected chi connectivity index (χ1v) is 8.21. The molecule has 0 aromatic heterocycles. The van der Waals surface area contributed by atoms with Gasteiger partial charge in [-0.05, 0) is 24.6 Å². The van der Waals surface area contributed by atoms with Crippen molar-refractivity contribution < 1.29 is 31.5 Å². The van der Waals surface area contributed by atoms with Gasteiger partial charge in [0.15, 0.2) is 0 Å². The molecule has 0 fully saturated rings. The molecule has 0 saturated carbocycles. The van der Waals surface area contributed by atoms with E-state index in [1.54, 1.807) is 0 Å². The number of carboxylic acids is 1. The topological polar surface area (TPSA) is 74.7 Å². The number of anilines is 1. The van der Waals surface area contributed by atoms with Gasteiger partial charge < -0.3 is 5.11 Å². The molecular formula is C12H13ClF3NO4S. The summed E-state index contributed by atoms with van der Waals surface area (Å²) in [5.41, 5.74) is -1.64. The Balaban J connectivity index is 3.55. The molecule has 1 atom stereocenters. The van der Waals surface area contributed by atoms with Gasteiger partial charge in [0.25, 0.3) is 0 Å². The van der Waals surface area contributed by atoms with E-state index in [-0.39, 0.29) is 6.42 Å². The van der Waals surface area contributed by atoms with Crippen molar-refractivity contribution in [1.82, 2.24) is 0 Å². The summed E-state index contributed by atoms with van der Waals surface area (Å²) in [4.78, 5) is 11.2. The van der Waals surface area contributed by atoms with E-state index in [1.165, 1.54) is 6.92 Å². The third-order valence-corrected chi connectivity index (χ3v) is 4.33. The maximum absolute atomic E-state index is 12.9. The average Bonchev–Trinajstić information content (AvgIpc) is 2.33. The average molecular weight is 360 g/mol. The molecular weight excluding hydrogens is 347 g/mol. The van der Waals surface area contributed by atoms with Crippen LogP contribution in [-0.2, 0) is 21.0 Å². The van der Waals surface area contributed by atoms with Crippen LogP contribution >= 0.6 is 11.6 Å². The molecule has 0 aliphatic heterocycles. The van der Waals surface area contributed by atoms with Crippen molar-refractivity contribution >= 4 is 33.3 Å². The van der Waals surface area contributed by atoms with Crippen LogP contribution in [0.5, 0.6) is 0 Å². The second kappa shape index (κ2) is 6.33. The molecule has 0 aliphatic carbocycles. The summed E-state index contributed by atoms with van der Waals surface area (Å²) in [6.45, 7) is 1.41. The molecule has 0 heterocycles. The first-order valence-electron chi connectivity index (χ1n) is 5.98. The van der Waals surface area contributed by atoms with Crippen LogP contribution in [0.4, 0.5) is 18.9 Å². The van der Waals surface area contributed by atoms with Gasteiger partial charge in [0.2, 0.25) is 10.0 Å². The highest BCUT2D eigenvalue weighted by molar-refractivity contribution is 7.92. The van der Waals surface area contributed by atoms with Gasteiger partial charge in [-0.15, -0.1) is 0 Å². The molecule has 1 aromatic rings. The van der Waals surface area contributed by atoms with E-state index in [4.69, 9.17) is 16.7 Å². The van der Waals surface area contributed by atoms with E-state index in [0.717, 1.165) is 18.4 Å². The molecule has 1 aromatic carbocycles. The molecule has 0 bridgehead atoms. The van der Waals surface area contributed by atoms with Crippen LogP contribution in [-0.4, -0.2) is 31.8 Å². The van der Waals surface area contributed by atoms with Gasteiger partial charge in [0.05, 0.1) is 22.5 Å². The number of aliphatic carboxylic acids is 1. The summed E-state index contributed by atoms with van der Waals surface area (Å²) in [5.74, 6) is -1.46. The molecule has 5 nitrogen and oxygen atoms in total. The second-order valence-corrected chi connectivity index (χ2v) is 6.75. The summed E-state index contributed by atoms with van der Waals surface area (Å²) in [7, 11) is -4.11. The van der Waals surface area contributed by atoms with E-state index in [2.05, 4.69) is 0 Å². The Kier molecular flexibility index (Phi) is 5.34. The number of hydrogen-bond acceptors (Lipinski definition) is 3. The van der Waals surface area contributed by atoms with Crippen LogP contribution < -0.4 is 4.31 Å². The zero-order chi connectivity index (χ0) is 17.3. The highest BCUT2D eigenvalue weighted by Gasteiger charge is 2.36. The predicted octanol–water partition coefficient (Wildman–Crippen LogP) is 2.99. The van der Waals surface area contributed by atoms with Gasteiger partial charge in [-0.25, -0.2) is 13.2 Å². The number of hydrogen-bond donors (Lipinski definition) is 1. The molecule has 0 spiro atoms. The number of alkyl halides is 3. The molecule has 0 radical (unpaired) electrons. The number of benzene rings is 1. The highest BCUT2D eigenvalue weighted by Crippen LogP contribution is 2.37. The first kappa shape index (κ1) is 18.6. The largest absolute Gasteiger partial charge is 0.480 e. The van der Waals surface area contributed by atoms with Crippen molar-refractivity contribution in [3.05, 3.63) is 28.8 Å². The molecule has 22 heavy (non-hydrogen) atoms. The molecule has 1 rings (SSSR count). The minimum atomic E-state index is -4.79. The van der Waals surface area contributed by atoms with Crippen molar-refractivity contribution in [3.63, 3.8) is 0 Å². The lowest BCUT2D eigenvalue weighted by atomic mass is 10.1. The van der Waals surface area contributed by atoms with Gasteiger partial charge in [-0.3, -0.25) is 4.31 Å². The van der Waals surface area contributed by atoms with Crippen LogP contribution in [0.2, 0.25) is 5.02 Å². The number of sulfonamides is 1. The molecule has 0 amide bonds. The van der Waals surface area contributed by atoms with E-state index in [9.17, 15) is 26.4 Å². The summed E-state index contributed by atoms with van der Waals surface area (Å²) in [6.07, 6.45) is -4.19. The Bertz CT molecular complexity index is 675. The Morgan fingerprint density at radius 2 is 1.95 bits per heavy atom. The van der Waals surface area contributed by atoms with Crippen molar-refractivity contribution in [2.45, 2.75) is 25.6 Å². The molecule has 1 N–H and O–H groups in total. The Labute approximate surface area is 130 Å². The minimum absolute atomic E-state index is 0.119. The normalized spacial score (nSPS) is 13.7. The maximum Gasteiger partial charge on any atom is 0.417 e. The van der Waals surface area contributed by atoms with Crippen molar-refractivity contribution in [1.29, 1.82) is 0 Å². The van der Waals surface area contributed by atoms with Gasteiger partial charge >= 0.3 is 12.1 Å². The number of carboxylic acid groups (broad SMARTS) is 1.